The summed E-state index contributed by atoms with van der Waals surface area (Å²) in [6.45, 7) is 7.14. The standard InChI is InChI=1S/C14H11N/c1-15-14-9-8-11(10-6-7-10)12-4-2-3-5-13(12)14/h2-5,8-10H,6-7H2. The number of hydrogen-bond donors (Lipinski definition) is 0. The highest BCUT2D eigenvalue weighted by Gasteiger charge is 2.25. The lowest BCUT2D eigenvalue weighted by Crippen LogP contribution is -1.82. The van der Waals surface area contributed by atoms with E-state index >= 15 is 0 Å². The molecule has 0 unspecified atom stereocenters. The van der Waals surface area contributed by atoms with Gasteiger partial charge in [0.1, 0.15) is 0 Å². The highest BCUT2D eigenvalue weighted by atomic mass is 14.6. The average Bonchev–Trinajstić information content (AvgIpc) is 3.11. The van der Waals surface area contributed by atoms with Gasteiger partial charge in [0.25, 0.3) is 0 Å². The van der Waals surface area contributed by atoms with E-state index in [0.29, 0.717) is 0 Å². The summed E-state index contributed by atoms with van der Waals surface area (Å²) in [5, 5.41) is 2.38. The van der Waals surface area contributed by atoms with Gasteiger partial charge in [0.2, 0.25) is 0 Å². The number of hydrogen-bond acceptors (Lipinski definition) is 0. The van der Waals surface area contributed by atoms with Crippen molar-refractivity contribution in [1.82, 2.24) is 0 Å². The average molecular weight is 193 g/mol. The van der Waals surface area contributed by atoms with E-state index in [1.165, 1.54) is 23.8 Å². The van der Waals surface area contributed by atoms with Crippen LogP contribution in [0.5, 0.6) is 0 Å². The van der Waals surface area contributed by atoms with Crippen molar-refractivity contribution in [3.63, 3.8) is 0 Å². The molecule has 15 heavy (non-hydrogen) atoms. The first-order valence-corrected chi connectivity index (χ1v) is 5.29. The van der Waals surface area contributed by atoms with Crippen LogP contribution < -0.4 is 0 Å². The fraction of sp³-hybridized carbons (Fsp3) is 0.214. The van der Waals surface area contributed by atoms with E-state index in [9.17, 15) is 0 Å². The molecule has 2 aromatic carbocycles. The molecule has 0 bridgehead atoms. The maximum atomic E-state index is 7.14. The van der Waals surface area contributed by atoms with Crippen LogP contribution in [0.15, 0.2) is 36.4 Å². The van der Waals surface area contributed by atoms with Crippen LogP contribution in [0.2, 0.25) is 0 Å². The van der Waals surface area contributed by atoms with Crippen LogP contribution in [0.1, 0.15) is 24.3 Å². The summed E-state index contributed by atoms with van der Waals surface area (Å²) in [7, 11) is 0. The van der Waals surface area contributed by atoms with Crippen molar-refractivity contribution in [3.8, 4) is 0 Å². The van der Waals surface area contributed by atoms with Crippen LogP contribution in [-0.2, 0) is 0 Å². The third-order valence-electron chi connectivity index (χ3n) is 3.07. The topological polar surface area (TPSA) is 4.36 Å². The van der Waals surface area contributed by atoms with E-state index in [-0.39, 0.29) is 0 Å². The Balaban J connectivity index is 2.36. The zero-order valence-corrected chi connectivity index (χ0v) is 8.40. The lowest BCUT2D eigenvalue weighted by atomic mass is 10.00. The van der Waals surface area contributed by atoms with E-state index < -0.39 is 0 Å². The van der Waals surface area contributed by atoms with Gasteiger partial charge < -0.3 is 0 Å². The molecule has 1 nitrogen and oxygen atoms in total. The van der Waals surface area contributed by atoms with Crippen molar-refractivity contribution in [2.24, 2.45) is 0 Å². The summed E-state index contributed by atoms with van der Waals surface area (Å²) in [6.07, 6.45) is 2.61. The highest BCUT2D eigenvalue weighted by Crippen LogP contribution is 2.44. The molecule has 0 radical (unpaired) electrons. The summed E-state index contributed by atoms with van der Waals surface area (Å²) in [4.78, 5) is 3.57. The second-order valence-corrected chi connectivity index (χ2v) is 4.11. The highest BCUT2D eigenvalue weighted by molar-refractivity contribution is 5.96. The Bertz CT molecular complexity index is 559. The lowest BCUT2D eigenvalue weighted by Gasteiger charge is -2.06. The normalized spacial score (nSPS) is 15.1. The number of fused-ring (bicyclic) bond motifs is 1. The Morgan fingerprint density at radius 1 is 1.00 bits per heavy atom. The van der Waals surface area contributed by atoms with Gasteiger partial charge in [-0.25, -0.2) is 4.85 Å². The van der Waals surface area contributed by atoms with Crippen LogP contribution in [0.3, 0.4) is 0 Å². The molecule has 0 aromatic heterocycles. The van der Waals surface area contributed by atoms with Crippen LogP contribution in [-0.4, -0.2) is 0 Å². The summed E-state index contributed by atoms with van der Waals surface area (Å²) < 4.78 is 0. The number of benzene rings is 2. The summed E-state index contributed by atoms with van der Waals surface area (Å²) >= 11 is 0. The molecule has 0 spiro atoms. The molecule has 2 aromatic rings. The maximum absolute atomic E-state index is 7.14. The van der Waals surface area contributed by atoms with Gasteiger partial charge in [0.05, 0.1) is 6.57 Å². The minimum absolute atomic E-state index is 0.745. The van der Waals surface area contributed by atoms with Crippen LogP contribution in [0, 0.1) is 6.57 Å². The molecule has 0 amide bonds. The van der Waals surface area contributed by atoms with E-state index in [2.05, 4.69) is 29.1 Å². The number of nitrogens with zero attached hydrogens (tertiary/aromatic N) is 1. The van der Waals surface area contributed by atoms with Crippen LogP contribution >= 0.6 is 0 Å². The first-order valence-electron chi connectivity index (χ1n) is 5.29. The quantitative estimate of drug-likeness (QED) is 0.596. The van der Waals surface area contributed by atoms with Crippen molar-refractivity contribution >= 4 is 16.5 Å². The molecule has 1 fully saturated rings. The second kappa shape index (κ2) is 3.10. The SMILES string of the molecule is [C-]#[N+]c1ccc(C2CC2)c2ccccc12. The van der Waals surface area contributed by atoms with Gasteiger partial charge in [-0.3, -0.25) is 0 Å². The minimum Gasteiger partial charge on any atom is -0.238 e. The Morgan fingerprint density at radius 3 is 2.40 bits per heavy atom. The van der Waals surface area contributed by atoms with Gasteiger partial charge in [0, 0.05) is 0 Å². The zero-order valence-electron chi connectivity index (χ0n) is 8.40. The molecular weight excluding hydrogens is 182 g/mol. The molecule has 72 valence electrons. The molecule has 1 aliphatic rings. The van der Waals surface area contributed by atoms with Crippen molar-refractivity contribution in [3.05, 3.63) is 53.4 Å². The Morgan fingerprint density at radius 2 is 1.73 bits per heavy atom. The molecule has 0 N–H and O–H groups in total. The summed E-state index contributed by atoms with van der Waals surface area (Å²) in [6, 6.07) is 12.3. The molecule has 0 saturated heterocycles. The Labute approximate surface area is 89.2 Å². The molecular formula is C14H11N. The molecule has 1 aliphatic carbocycles. The summed E-state index contributed by atoms with van der Waals surface area (Å²) in [5.74, 6) is 0.745. The molecule has 0 aliphatic heterocycles. The number of rotatable bonds is 1. The zero-order chi connectivity index (χ0) is 10.3. The Hall–Kier alpha value is -1.81. The molecule has 3 rings (SSSR count). The van der Waals surface area contributed by atoms with E-state index in [1.54, 1.807) is 0 Å². The largest absolute Gasteiger partial charge is 0.238 e. The smallest absolute Gasteiger partial charge is 0.194 e. The third kappa shape index (κ3) is 1.30. The molecule has 0 heterocycles. The van der Waals surface area contributed by atoms with Gasteiger partial charge in [-0.2, -0.15) is 0 Å². The fourth-order valence-corrected chi connectivity index (χ4v) is 2.15. The third-order valence-corrected chi connectivity index (χ3v) is 3.07. The van der Waals surface area contributed by atoms with E-state index in [4.69, 9.17) is 6.57 Å². The van der Waals surface area contributed by atoms with Gasteiger partial charge in [-0.05, 0) is 35.1 Å². The predicted molar refractivity (Wildman–Crippen MR) is 62.2 cm³/mol. The second-order valence-electron chi connectivity index (χ2n) is 4.11. The molecule has 1 heteroatoms. The molecule has 1 saturated carbocycles. The van der Waals surface area contributed by atoms with Crippen molar-refractivity contribution in [2.75, 3.05) is 0 Å². The monoisotopic (exact) mass is 193 g/mol. The van der Waals surface area contributed by atoms with Gasteiger partial charge in [-0.1, -0.05) is 36.4 Å². The van der Waals surface area contributed by atoms with E-state index in [0.717, 1.165) is 17.0 Å². The van der Waals surface area contributed by atoms with Crippen LogP contribution in [0.25, 0.3) is 15.6 Å². The Kier molecular flexibility index (Phi) is 1.76. The molecule has 0 atom stereocenters. The van der Waals surface area contributed by atoms with Gasteiger partial charge in [-0.15, -0.1) is 0 Å². The summed E-state index contributed by atoms with van der Waals surface area (Å²) in [5.41, 5.74) is 2.20. The van der Waals surface area contributed by atoms with Crippen LogP contribution in [0.4, 0.5) is 5.69 Å². The predicted octanol–water partition coefficient (Wildman–Crippen LogP) is 4.27. The van der Waals surface area contributed by atoms with Gasteiger partial charge in [0.15, 0.2) is 5.69 Å². The first kappa shape index (κ1) is 8.49. The maximum Gasteiger partial charge on any atom is 0.194 e. The van der Waals surface area contributed by atoms with Crippen molar-refractivity contribution in [2.45, 2.75) is 18.8 Å². The van der Waals surface area contributed by atoms with Crippen molar-refractivity contribution < 1.29 is 0 Å². The van der Waals surface area contributed by atoms with E-state index in [1.807, 2.05) is 12.1 Å². The van der Waals surface area contributed by atoms with Gasteiger partial charge >= 0.3 is 0 Å². The first-order chi connectivity index (χ1) is 7.40. The lowest BCUT2D eigenvalue weighted by molar-refractivity contribution is 1.15. The minimum atomic E-state index is 0.745. The van der Waals surface area contributed by atoms with Crippen molar-refractivity contribution in [1.29, 1.82) is 0 Å². The fourth-order valence-electron chi connectivity index (χ4n) is 2.15.